The van der Waals surface area contributed by atoms with Crippen LogP contribution in [0, 0.1) is 6.92 Å². The molecule has 0 fully saturated rings. The first-order valence-corrected chi connectivity index (χ1v) is 8.16. The first kappa shape index (κ1) is 16.4. The second-order valence-electron chi connectivity index (χ2n) is 4.71. The number of aryl methyl sites for hydroxylation is 1. The van der Waals surface area contributed by atoms with Crippen LogP contribution in [0.5, 0.6) is 0 Å². The molecule has 1 aromatic carbocycles. The van der Waals surface area contributed by atoms with Crippen LogP contribution in [0.3, 0.4) is 0 Å². The molecule has 0 bridgehead atoms. The fourth-order valence-corrected chi connectivity index (χ4v) is 3.63. The first-order chi connectivity index (χ1) is 8.80. The van der Waals surface area contributed by atoms with E-state index in [9.17, 15) is 8.42 Å². The Morgan fingerprint density at radius 1 is 1.32 bits per heavy atom. The van der Waals surface area contributed by atoms with Gasteiger partial charge in [0.2, 0.25) is 10.0 Å². The summed E-state index contributed by atoms with van der Waals surface area (Å²) in [5.74, 6) is 0. The Hall–Kier alpha value is -0.620. The second kappa shape index (κ2) is 6.22. The monoisotopic (exact) mass is 304 g/mol. The number of nitrogens with two attached hydrogens (primary N) is 1. The number of hydrogen-bond donors (Lipinski definition) is 2. The normalized spacial score (nSPS) is 12.7. The van der Waals surface area contributed by atoms with Crippen molar-refractivity contribution in [2.45, 2.75) is 44.0 Å². The topological polar surface area (TPSA) is 72.2 Å². The predicted octanol–water partition coefficient (Wildman–Crippen LogP) is 2.44. The highest BCUT2D eigenvalue weighted by Crippen LogP contribution is 2.23. The number of hydrogen-bond acceptors (Lipinski definition) is 3. The van der Waals surface area contributed by atoms with Gasteiger partial charge in [0.05, 0.1) is 4.90 Å². The Morgan fingerprint density at radius 2 is 1.89 bits per heavy atom. The Kier molecular flexibility index (Phi) is 5.38. The van der Waals surface area contributed by atoms with Gasteiger partial charge in [-0.05, 0) is 37.5 Å². The molecule has 0 saturated heterocycles. The minimum Gasteiger partial charge on any atom is -0.329 e. The van der Waals surface area contributed by atoms with Crippen LogP contribution in [-0.4, -0.2) is 20.5 Å². The molecular formula is C13H21ClN2O2S. The van der Waals surface area contributed by atoms with Crippen molar-refractivity contribution < 1.29 is 8.42 Å². The quantitative estimate of drug-likeness (QED) is 0.848. The zero-order chi connectivity index (χ0) is 14.7. The molecule has 0 heterocycles. The van der Waals surface area contributed by atoms with E-state index >= 15 is 0 Å². The van der Waals surface area contributed by atoms with E-state index in [1.807, 2.05) is 20.8 Å². The number of halogens is 1. The maximum absolute atomic E-state index is 12.4. The SMILES string of the molecule is CCC(CC)(CN)NS(=O)(=O)c1ccc(C)c(Cl)c1. The lowest BCUT2D eigenvalue weighted by Gasteiger charge is -2.31. The van der Waals surface area contributed by atoms with Crippen molar-refractivity contribution in [3.63, 3.8) is 0 Å². The molecule has 1 rings (SSSR count). The summed E-state index contributed by atoms with van der Waals surface area (Å²) in [6, 6.07) is 4.71. The summed E-state index contributed by atoms with van der Waals surface area (Å²) in [6.45, 7) is 5.93. The molecule has 0 unspecified atom stereocenters. The van der Waals surface area contributed by atoms with E-state index in [0.29, 0.717) is 17.9 Å². The van der Waals surface area contributed by atoms with E-state index in [0.717, 1.165) is 5.56 Å². The summed E-state index contributed by atoms with van der Waals surface area (Å²) in [7, 11) is -3.61. The van der Waals surface area contributed by atoms with Crippen molar-refractivity contribution in [2.24, 2.45) is 5.73 Å². The molecule has 0 aliphatic heterocycles. The molecule has 1 aromatic rings. The molecule has 0 saturated carbocycles. The molecule has 0 aliphatic rings. The maximum Gasteiger partial charge on any atom is 0.241 e. The van der Waals surface area contributed by atoms with Gasteiger partial charge in [-0.1, -0.05) is 31.5 Å². The zero-order valence-electron chi connectivity index (χ0n) is 11.5. The molecule has 0 radical (unpaired) electrons. The van der Waals surface area contributed by atoms with Crippen LogP contribution in [0.2, 0.25) is 5.02 Å². The van der Waals surface area contributed by atoms with Gasteiger partial charge in [-0.25, -0.2) is 13.1 Å². The standard InChI is InChI=1S/C13H21ClN2O2S/c1-4-13(5-2,9-15)16-19(17,18)11-7-6-10(3)12(14)8-11/h6-8,16H,4-5,9,15H2,1-3H3. The number of sulfonamides is 1. The van der Waals surface area contributed by atoms with Gasteiger partial charge in [0.15, 0.2) is 0 Å². The summed E-state index contributed by atoms with van der Waals surface area (Å²) >= 11 is 5.98. The molecule has 19 heavy (non-hydrogen) atoms. The lowest BCUT2D eigenvalue weighted by atomic mass is 9.95. The molecule has 0 atom stereocenters. The van der Waals surface area contributed by atoms with Gasteiger partial charge in [-0.3, -0.25) is 0 Å². The number of nitrogens with one attached hydrogen (secondary N) is 1. The summed E-state index contributed by atoms with van der Waals surface area (Å²) in [5.41, 5.74) is 5.96. The summed E-state index contributed by atoms with van der Waals surface area (Å²) in [6.07, 6.45) is 1.28. The molecule has 3 N–H and O–H groups in total. The van der Waals surface area contributed by atoms with Crippen LogP contribution >= 0.6 is 11.6 Å². The van der Waals surface area contributed by atoms with Crippen molar-refractivity contribution in [1.82, 2.24) is 4.72 Å². The Labute approximate surface area is 120 Å². The minimum absolute atomic E-state index is 0.169. The highest BCUT2D eigenvalue weighted by molar-refractivity contribution is 7.89. The van der Waals surface area contributed by atoms with Crippen LogP contribution in [-0.2, 0) is 10.0 Å². The molecule has 4 nitrogen and oxygen atoms in total. The van der Waals surface area contributed by atoms with Crippen molar-refractivity contribution in [3.05, 3.63) is 28.8 Å². The van der Waals surface area contributed by atoms with Crippen LogP contribution in [0.25, 0.3) is 0 Å². The van der Waals surface area contributed by atoms with E-state index in [1.165, 1.54) is 6.07 Å². The van der Waals surface area contributed by atoms with Gasteiger partial charge in [0.1, 0.15) is 0 Å². The third kappa shape index (κ3) is 3.69. The Morgan fingerprint density at radius 3 is 2.32 bits per heavy atom. The van der Waals surface area contributed by atoms with Crippen molar-refractivity contribution in [1.29, 1.82) is 0 Å². The van der Waals surface area contributed by atoms with Crippen molar-refractivity contribution in [2.75, 3.05) is 6.54 Å². The molecule has 108 valence electrons. The molecular weight excluding hydrogens is 284 g/mol. The van der Waals surface area contributed by atoms with Crippen LogP contribution in [0.4, 0.5) is 0 Å². The molecule has 0 spiro atoms. The first-order valence-electron chi connectivity index (χ1n) is 6.30. The lowest BCUT2D eigenvalue weighted by Crippen LogP contribution is -2.52. The smallest absolute Gasteiger partial charge is 0.241 e. The molecule has 0 aliphatic carbocycles. The van der Waals surface area contributed by atoms with E-state index in [2.05, 4.69) is 4.72 Å². The van der Waals surface area contributed by atoms with Gasteiger partial charge in [-0.15, -0.1) is 0 Å². The van der Waals surface area contributed by atoms with Gasteiger partial charge in [0.25, 0.3) is 0 Å². The average molecular weight is 305 g/mol. The minimum atomic E-state index is -3.61. The predicted molar refractivity (Wildman–Crippen MR) is 78.9 cm³/mol. The average Bonchev–Trinajstić information content (AvgIpc) is 2.39. The Bertz CT molecular complexity index is 531. The fraction of sp³-hybridized carbons (Fsp3) is 0.538. The van der Waals surface area contributed by atoms with Gasteiger partial charge in [0, 0.05) is 17.1 Å². The molecule has 0 aromatic heterocycles. The van der Waals surface area contributed by atoms with E-state index in [4.69, 9.17) is 17.3 Å². The van der Waals surface area contributed by atoms with Crippen molar-refractivity contribution >= 4 is 21.6 Å². The van der Waals surface area contributed by atoms with E-state index in [-0.39, 0.29) is 11.4 Å². The summed E-state index contributed by atoms with van der Waals surface area (Å²) in [4.78, 5) is 0.169. The van der Waals surface area contributed by atoms with Gasteiger partial charge in [-0.2, -0.15) is 0 Å². The fourth-order valence-electron chi connectivity index (χ4n) is 1.81. The Balaban J connectivity index is 3.14. The second-order valence-corrected chi connectivity index (χ2v) is 6.80. The highest BCUT2D eigenvalue weighted by atomic mass is 35.5. The number of benzene rings is 1. The third-order valence-corrected chi connectivity index (χ3v) is 5.53. The largest absolute Gasteiger partial charge is 0.329 e. The number of rotatable bonds is 6. The van der Waals surface area contributed by atoms with Gasteiger partial charge >= 0.3 is 0 Å². The molecule has 6 heteroatoms. The van der Waals surface area contributed by atoms with Crippen LogP contribution in [0.1, 0.15) is 32.3 Å². The summed E-state index contributed by atoms with van der Waals surface area (Å²) in [5, 5.41) is 0.439. The molecule has 0 amide bonds. The van der Waals surface area contributed by atoms with Crippen LogP contribution < -0.4 is 10.5 Å². The highest BCUT2D eigenvalue weighted by Gasteiger charge is 2.30. The van der Waals surface area contributed by atoms with E-state index in [1.54, 1.807) is 12.1 Å². The zero-order valence-corrected chi connectivity index (χ0v) is 13.1. The lowest BCUT2D eigenvalue weighted by molar-refractivity contribution is 0.363. The van der Waals surface area contributed by atoms with Crippen molar-refractivity contribution in [3.8, 4) is 0 Å². The van der Waals surface area contributed by atoms with Crippen LogP contribution in [0.15, 0.2) is 23.1 Å². The summed E-state index contributed by atoms with van der Waals surface area (Å²) < 4.78 is 27.4. The van der Waals surface area contributed by atoms with Gasteiger partial charge < -0.3 is 5.73 Å². The third-order valence-electron chi connectivity index (χ3n) is 3.55. The maximum atomic E-state index is 12.4. The van der Waals surface area contributed by atoms with E-state index < -0.39 is 15.6 Å².